The van der Waals surface area contributed by atoms with Gasteiger partial charge >= 0.3 is 0 Å². The van der Waals surface area contributed by atoms with E-state index < -0.39 is 0 Å². The second-order valence-corrected chi connectivity index (χ2v) is 4.27. The van der Waals surface area contributed by atoms with Crippen LogP contribution in [0, 0.1) is 13.8 Å². The van der Waals surface area contributed by atoms with Crippen LogP contribution in [0.1, 0.15) is 11.3 Å². The van der Waals surface area contributed by atoms with Crippen molar-refractivity contribution in [1.82, 2.24) is 4.98 Å². The van der Waals surface area contributed by atoms with Crippen LogP contribution in [0.25, 0.3) is 0 Å². The second kappa shape index (κ2) is 4.63. The van der Waals surface area contributed by atoms with Crippen LogP contribution in [0.2, 0.25) is 5.02 Å². The quantitative estimate of drug-likeness (QED) is 0.881. The molecule has 0 fully saturated rings. The van der Waals surface area contributed by atoms with E-state index in [2.05, 4.69) is 4.98 Å². The molecule has 2 rings (SSSR count). The number of anilines is 1. The van der Waals surface area contributed by atoms with Crippen LogP contribution in [-0.4, -0.2) is 4.98 Å². The van der Waals surface area contributed by atoms with E-state index in [1.807, 2.05) is 32.0 Å². The molecule has 0 aliphatic rings. The first-order chi connectivity index (χ1) is 8.06. The minimum Gasteiger partial charge on any atom is -0.437 e. The van der Waals surface area contributed by atoms with Crippen LogP contribution in [0.15, 0.2) is 30.3 Å². The summed E-state index contributed by atoms with van der Waals surface area (Å²) in [5.41, 5.74) is 8.16. The van der Waals surface area contributed by atoms with Gasteiger partial charge in [-0.1, -0.05) is 17.7 Å². The fourth-order valence-corrected chi connectivity index (χ4v) is 1.68. The van der Waals surface area contributed by atoms with Crippen LogP contribution in [0.5, 0.6) is 11.6 Å². The van der Waals surface area contributed by atoms with E-state index in [9.17, 15) is 0 Å². The molecule has 1 heterocycles. The van der Waals surface area contributed by atoms with Crippen molar-refractivity contribution in [3.8, 4) is 11.6 Å². The zero-order valence-electron chi connectivity index (χ0n) is 9.70. The van der Waals surface area contributed by atoms with Gasteiger partial charge < -0.3 is 10.5 Å². The number of nitrogens with zero attached hydrogens (tertiary/aromatic N) is 1. The molecule has 0 saturated heterocycles. The van der Waals surface area contributed by atoms with E-state index in [1.165, 1.54) is 0 Å². The monoisotopic (exact) mass is 248 g/mol. The highest BCUT2D eigenvalue weighted by atomic mass is 35.5. The first kappa shape index (κ1) is 11.7. The van der Waals surface area contributed by atoms with Gasteiger partial charge in [0.05, 0.1) is 16.4 Å². The van der Waals surface area contributed by atoms with Gasteiger partial charge in [-0.05, 0) is 37.6 Å². The smallest absolute Gasteiger partial charge is 0.219 e. The Labute approximate surface area is 105 Å². The molecule has 3 nitrogen and oxygen atoms in total. The van der Waals surface area contributed by atoms with E-state index in [0.29, 0.717) is 22.3 Å². The summed E-state index contributed by atoms with van der Waals surface area (Å²) < 4.78 is 5.60. The summed E-state index contributed by atoms with van der Waals surface area (Å²) in [6.07, 6.45) is 0. The average molecular weight is 249 g/mol. The maximum absolute atomic E-state index is 6.07. The molecule has 17 heavy (non-hydrogen) atoms. The van der Waals surface area contributed by atoms with E-state index >= 15 is 0 Å². The molecule has 4 heteroatoms. The summed E-state index contributed by atoms with van der Waals surface area (Å²) in [6, 6.07) is 9.09. The normalized spacial score (nSPS) is 10.3. The fourth-order valence-electron chi connectivity index (χ4n) is 1.41. The van der Waals surface area contributed by atoms with Crippen LogP contribution in [0.4, 0.5) is 5.69 Å². The van der Waals surface area contributed by atoms with Crippen LogP contribution >= 0.6 is 11.6 Å². The summed E-state index contributed by atoms with van der Waals surface area (Å²) >= 11 is 6.07. The lowest BCUT2D eigenvalue weighted by molar-refractivity contribution is 0.462. The highest BCUT2D eigenvalue weighted by molar-refractivity contribution is 6.32. The van der Waals surface area contributed by atoms with Crippen molar-refractivity contribution in [3.05, 3.63) is 46.6 Å². The highest BCUT2D eigenvalue weighted by Crippen LogP contribution is 2.29. The van der Waals surface area contributed by atoms with E-state index in [4.69, 9.17) is 22.1 Å². The number of nitrogens with two attached hydrogens (primary N) is 1. The molecule has 0 unspecified atom stereocenters. The van der Waals surface area contributed by atoms with Gasteiger partial charge in [-0.25, -0.2) is 4.98 Å². The molecule has 0 amide bonds. The number of rotatable bonds is 2. The van der Waals surface area contributed by atoms with E-state index in [1.54, 1.807) is 12.1 Å². The summed E-state index contributed by atoms with van der Waals surface area (Å²) in [5, 5.41) is 0.571. The average Bonchev–Trinajstić information content (AvgIpc) is 2.27. The highest BCUT2D eigenvalue weighted by Gasteiger charge is 2.05. The Kier molecular flexibility index (Phi) is 3.20. The molecule has 1 aromatic heterocycles. The van der Waals surface area contributed by atoms with Crippen molar-refractivity contribution in [1.29, 1.82) is 0 Å². The van der Waals surface area contributed by atoms with Gasteiger partial charge in [-0.3, -0.25) is 0 Å². The zero-order valence-corrected chi connectivity index (χ0v) is 10.5. The molecule has 0 spiro atoms. The van der Waals surface area contributed by atoms with Gasteiger partial charge in [0.15, 0.2) is 0 Å². The third kappa shape index (κ3) is 2.68. The number of halogens is 1. The first-order valence-corrected chi connectivity index (χ1v) is 5.61. The number of nitrogen functional groups attached to an aromatic ring is 1. The lowest BCUT2D eigenvalue weighted by Crippen LogP contribution is -1.95. The maximum Gasteiger partial charge on any atom is 0.219 e. The van der Waals surface area contributed by atoms with Gasteiger partial charge in [0.2, 0.25) is 5.88 Å². The molecule has 2 N–H and O–H groups in total. The minimum absolute atomic E-state index is 0.488. The van der Waals surface area contributed by atoms with Crippen molar-refractivity contribution < 1.29 is 4.74 Å². The van der Waals surface area contributed by atoms with Gasteiger partial charge in [0, 0.05) is 6.07 Å². The summed E-state index contributed by atoms with van der Waals surface area (Å²) in [5.74, 6) is 1.08. The Morgan fingerprint density at radius 3 is 2.59 bits per heavy atom. The minimum atomic E-state index is 0.488. The topological polar surface area (TPSA) is 48.1 Å². The number of aromatic nitrogens is 1. The standard InChI is InChI=1S/C13H13ClN2O/c1-8-3-5-12(10(14)7-8)17-13-6-4-11(15)9(2)16-13/h3-7H,15H2,1-2H3. The third-order valence-electron chi connectivity index (χ3n) is 2.40. The van der Waals surface area contributed by atoms with Gasteiger partial charge in [-0.15, -0.1) is 0 Å². The molecule has 1 aromatic carbocycles. The van der Waals surface area contributed by atoms with Crippen molar-refractivity contribution in [2.45, 2.75) is 13.8 Å². The Morgan fingerprint density at radius 1 is 1.18 bits per heavy atom. The fraction of sp³-hybridized carbons (Fsp3) is 0.154. The molecule has 0 atom stereocenters. The Morgan fingerprint density at radius 2 is 1.94 bits per heavy atom. The molecule has 88 valence electrons. The van der Waals surface area contributed by atoms with Gasteiger partial charge in [-0.2, -0.15) is 0 Å². The largest absolute Gasteiger partial charge is 0.437 e. The van der Waals surface area contributed by atoms with Crippen molar-refractivity contribution in [3.63, 3.8) is 0 Å². The molecule has 2 aromatic rings. The molecule has 0 aliphatic heterocycles. The van der Waals surface area contributed by atoms with E-state index in [0.717, 1.165) is 11.3 Å². The first-order valence-electron chi connectivity index (χ1n) is 5.23. The number of aryl methyl sites for hydroxylation is 2. The number of hydrogen-bond acceptors (Lipinski definition) is 3. The Hall–Kier alpha value is -1.74. The number of benzene rings is 1. The van der Waals surface area contributed by atoms with Crippen molar-refractivity contribution in [2.75, 3.05) is 5.73 Å². The Balaban J connectivity index is 2.28. The lowest BCUT2D eigenvalue weighted by Gasteiger charge is -2.08. The van der Waals surface area contributed by atoms with Gasteiger partial charge in [0.1, 0.15) is 5.75 Å². The zero-order chi connectivity index (χ0) is 12.4. The molecular formula is C13H13ClN2O. The predicted molar refractivity (Wildman–Crippen MR) is 69.6 cm³/mol. The summed E-state index contributed by atoms with van der Waals surface area (Å²) in [6.45, 7) is 3.81. The van der Waals surface area contributed by atoms with Crippen molar-refractivity contribution >= 4 is 17.3 Å². The van der Waals surface area contributed by atoms with Crippen molar-refractivity contribution in [2.24, 2.45) is 0 Å². The third-order valence-corrected chi connectivity index (χ3v) is 2.70. The summed E-state index contributed by atoms with van der Waals surface area (Å²) in [4.78, 5) is 4.23. The van der Waals surface area contributed by atoms with Crippen LogP contribution in [0.3, 0.4) is 0 Å². The molecule has 0 bridgehead atoms. The lowest BCUT2D eigenvalue weighted by atomic mass is 10.2. The van der Waals surface area contributed by atoms with Crippen LogP contribution < -0.4 is 10.5 Å². The number of hydrogen-bond donors (Lipinski definition) is 1. The number of pyridine rings is 1. The maximum atomic E-state index is 6.07. The SMILES string of the molecule is Cc1ccc(Oc2ccc(N)c(C)n2)c(Cl)c1. The van der Waals surface area contributed by atoms with E-state index in [-0.39, 0.29) is 0 Å². The molecule has 0 saturated carbocycles. The van der Waals surface area contributed by atoms with Gasteiger partial charge in [0.25, 0.3) is 0 Å². The second-order valence-electron chi connectivity index (χ2n) is 3.86. The number of ether oxygens (including phenoxy) is 1. The summed E-state index contributed by atoms with van der Waals surface area (Å²) in [7, 11) is 0. The Bertz CT molecular complexity index is 555. The predicted octanol–water partition coefficient (Wildman–Crippen LogP) is 3.73. The molecule has 0 aliphatic carbocycles. The van der Waals surface area contributed by atoms with Crippen LogP contribution in [-0.2, 0) is 0 Å². The molecule has 0 radical (unpaired) electrons. The molecular weight excluding hydrogens is 236 g/mol.